The van der Waals surface area contributed by atoms with Gasteiger partial charge in [0.25, 0.3) is 0 Å². The van der Waals surface area contributed by atoms with Crippen molar-refractivity contribution in [2.24, 2.45) is 56.7 Å². The predicted molar refractivity (Wildman–Crippen MR) is 232 cm³/mol. The van der Waals surface area contributed by atoms with Crippen LogP contribution in [0.25, 0.3) is 0 Å². The molecular weight excluding hydrogens is 741 g/mol. The number of nitriles is 1. The molecule has 0 radical (unpaired) electrons. The number of aliphatic carboxylic acids is 1. The molecule has 8 nitrogen and oxygen atoms in total. The molecule has 0 aromatic carbocycles. The number of aromatic nitrogens is 1. The first-order chi connectivity index (χ1) is 27.5. The summed E-state index contributed by atoms with van der Waals surface area (Å²) in [7, 11) is 0. The summed E-state index contributed by atoms with van der Waals surface area (Å²) in [4.78, 5) is 19.5. The van der Waals surface area contributed by atoms with Crippen molar-refractivity contribution in [3.8, 4) is 11.9 Å². The number of nitrogens with zero attached hydrogens (tertiary/aromatic N) is 3. The zero-order chi connectivity index (χ0) is 41.3. The molecule has 10 atom stereocenters. The first-order valence-electron chi connectivity index (χ1n) is 22.6. The smallest absolute Gasteiger partial charge is 0.313 e. The minimum Gasteiger partial charge on any atom is -0.616 e. The summed E-state index contributed by atoms with van der Waals surface area (Å²) in [5, 5.41) is 24.3. The second-order valence-corrected chi connectivity index (χ2v) is 23.0. The van der Waals surface area contributed by atoms with Gasteiger partial charge in [0, 0.05) is 37.9 Å². The molecule has 0 amide bonds. The number of rotatable bonds is 10. The quantitative estimate of drug-likeness (QED) is 0.177. The van der Waals surface area contributed by atoms with Gasteiger partial charge in [0.2, 0.25) is 5.88 Å². The number of fused-ring (bicyclic) bond motifs is 7. The topological polar surface area (TPSA) is 122 Å². The van der Waals surface area contributed by atoms with Crippen molar-refractivity contribution >= 4 is 17.1 Å². The average molecular weight is 811 g/mol. The van der Waals surface area contributed by atoms with Crippen LogP contribution in [0.1, 0.15) is 124 Å². The highest BCUT2D eigenvalue weighted by molar-refractivity contribution is 7.91. The van der Waals surface area contributed by atoms with E-state index >= 15 is 0 Å². The van der Waals surface area contributed by atoms with Crippen molar-refractivity contribution in [3.63, 3.8) is 0 Å². The van der Waals surface area contributed by atoms with Crippen molar-refractivity contribution in [1.82, 2.24) is 15.2 Å². The minimum atomic E-state index is -1.05. The van der Waals surface area contributed by atoms with Gasteiger partial charge in [0.15, 0.2) is 0 Å². The van der Waals surface area contributed by atoms with E-state index in [1.807, 2.05) is 0 Å². The molecular formula is C49H70N4O4S. The lowest BCUT2D eigenvalue weighted by Gasteiger charge is -2.72. The number of carbonyl (C=O) groups is 1. The molecule has 9 heteroatoms. The number of hydrogen-bond donors (Lipinski definition) is 2. The van der Waals surface area contributed by atoms with Crippen LogP contribution in [0.3, 0.4) is 0 Å². The first-order valence-corrected chi connectivity index (χ1v) is 24.1. The number of pyridine rings is 1. The van der Waals surface area contributed by atoms with Gasteiger partial charge in [-0.05, 0) is 159 Å². The van der Waals surface area contributed by atoms with E-state index in [1.54, 1.807) is 18.3 Å². The molecule has 2 heterocycles. The van der Waals surface area contributed by atoms with Gasteiger partial charge in [0.05, 0.1) is 0 Å². The fourth-order valence-corrected chi connectivity index (χ4v) is 16.4. The van der Waals surface area contributed by atoms with Crippen LogP contribution in [-0.2, 0) is 16.0 Å². The van der Waals surface area contributed by atoms with E-state index in [0.717, 1.165) is 44.1 Å². The zero-order valence-electron chi connectivity index (χ0n) is 36.3. The van der Waals surface area contributed by atoms with Crippen molar-refractivity contribution in [3.05, 3.63) is 59.3 Å². The van der Waals surface area contributed by atoms with Crippen molar-refractivity contribution in [2.45, 2.75) is 124 Å². The van der Waals surface area contributed by atoms with Gasteiger partial charge in [0.1, 0.15) is 35.2 Å². The number of allylic oxidation sites excluding steroid dienone is 5. The molecule has 1 aliphatic heterocycles. The normalized spacial score (nSPS) is 41.1. The standard InChI is InChI=1S/C49H70N4O4S/c1-33(2)36-14-21-49(52-25-26-53-27-29-58(56)30-28-53)23-22-46(6)38(41(36)49)10-11-40-45(5)17-15-37(44(3,4)39(45)16-18-47(40,46)7)34-12-19-48(20-13-34,43(54)55)32-57-42-35(31-50)9-8-24-51-42/h8-9,12,15,24,36,38-41,52H,1,10-11,13-14,16-23,25-30,32H2,2-7H3,(H,54,55)/t36-,38+,39-,40+,41+,45-,46+,47+,48+,49-/m0/s1. The largest absolute Gasteiger partial charge is 0.616 e. The van der Waals surface area contributed by atoms with Gasteiger partial charge in [-0.3, -0.25) is 9.69 Å². The molecule has 5 fully saturated rings. The van der Waals surface area contributed by atoms with Crippen LogP contribution in [0.4, 0.5) is 0 Å². The maximum atomic E-state index is 12.8. The third-order valence-electron chi connectivity index (χ3n) is 18.6. The van der Waals surface area contributed by atoms with Crippen LogP contribution >= 0.6 is 0 Å². The van der Waals surface area contributed by atoms with E-state index in [4.69, 9.17) is 4.74 Å². The highest BCUT2D eigenvalue weighted by atomic mass is 32.2. The van der Waals surface area contributed by atoms with Crippen LogP contribution < -0.4 is 10.1 Å². The predicted octanol–water partition coefficient (Wildman–Crippen LogP) is 9.11. The summed E-state index contributed by atoms with van der Waals surface area (Å²) in [6.45, 7) is 24.0. The van der Waals surface area contributed by atoms with Gasteiger partial charge in [-0.2, -0.15) is 5.26 Å². The second kappa shape index (κ2) is 15.4. The highest BCUT2D eigenvalue weighted by Crippen LogP contribution is 2.76. The number of nitrogens with one attached hydrogen (secondary N) is 1. The van der Waals surface area contributed by atoms with Crippen LogP contribution in [0, 0.1) is 68.0 Å². The maximum absolute atomic E-state index is 12.8. The van der Waals surface area contributed by atoms with Gasteiger partial charge >= 0.3 is 5.97 Å². The SMILES string of the molecule is C=C(C)[C@@H]1CC[C@]2(NCCN3CC[S+]([O-])CC3)CC[C@]3(C)[C@H](CC[C@@H]4[C@@]5(C)CC=C(C6=CC[C@@](COc7ncccc7C#N)(C(=O)O)CC6)C(C)(C)[C@@H]5CC[C@]43C)[C@@H]12. The van der Waals surface area contributed by atoms with Crippen LogP contribution in [0.15, 0.2) is 53.8 Å². The fourth-order valence-electron chi connectivity index (χ4n) is 15.3. The third kappa shape index (κ3) is 6.65. The maximum Gasteiger partial charge on any atom is 0.313 e. The van der Waals surface area contributed by atoms with Crippen molar-refractivity contribution < 1.29 is 19.2 Å². The second-order valence-electron chi connectivity index (χ2n) is 21.3. The zero-order valence-corrected chi connectivity index (χ0v) is 37.2. The molecule has 4 saturated carbocycles. The summed E-state index contributed by atoms with van der Waals surface area (Å²) in [6.07, 6.45) is 19.3. The number of ether oxygens (including phenoxy) is 1. The average Bonchev–Trinajstić information content (AvgIpc) is 3.58. The Balaban J connectivity index is 1.01. The Labute approximate surface area is 351 Å². The first kappa shape index (κ1) is 42.1. The Morgan fingerprint density at radius 3 is 2.50 bits per heavy atom. The van der Waals surface area contributed by atoms with Crippen LogP contribution in [0.5, 0.6) is 5.88 Å². The van der Waals surface area contributed by atoms with Gasteiger partial charge in [-0.1, -0.05) is 70.1 Å². The Hall–Kier alpha value is -2.64. The molecule has 1 aromatic heterocycles. The van der Waals surface area contributed by atoms with Crippen LogP contribution in [0.2, 0.25) is 0 Å². The van der Waals surface area contributed by atoms with Crippen molar-refractivity contribution in [1.29, 1.82) is 5.26 Å². The monoisotopic (exact) mass is 811 g/mol. The number of carboxylic acids is 1. The fraction of sp³-hybridized carbons (Fsp3) is 0.735. The van der Waals surface area contributed by atoms with E-state index in [-0.39, 0.29) is 39.7 Å². The van der Waals surface area contributed by atoms with Gasteiger partial charge < -0.3 is 19.7 Å². The Morgan fingerprint density at radius 1 is 1.03 bits per heavy atom. The Bertz CT molecular complexity index is 1880. The molecule has 1 aromatic rings. The van der Waals surface area contributed by atoms with Gasteiger partial charge in [-0.15, -0.1) is 0 Å². The Morgan fingerprint density at radius 2 is 1.81 bits per heavy atom. The minimum absolute atomic E-state index is 0.00513. The number of hydrogen-bond acceptors (Lipinski definition) is 7. The summed E-state index contributed by atoms with van der Waals surface area (Å²) in [5.74, 6) is 4.13. The summed E-state index contributed by atoms with van der Waals surface area (Å²) >= 11 is -0.636. The molecule has 6 aliphatic carbocycles. The van der Waals surface area contributed by atoms with E-state index in [2.05, 4.69) is 81.5 Å². The van der Waals surface area contributed by atoms with Gasteiger partial charge in [-0.25, -0.2) is 4.98 Å². The van der Waals surface area contributed by atoms with E-state index < -0.39 is 22.6 Å². The summed E-state index contributed by atoms with van der Waals surface area (Å²) < 4.78 is 18.0. The lowest BCUT2D eigenvalue weighted by molar-refractivity contribution is -0.221. The third-order valence-corrected chi connectivity index (χ3v) is 19.9. The summed E-state index contributed by atoms with van der Waals surface area (Å²) in [6, 6.07) is 5.45. The lowest BCUT2D eigenvalue weighted by Crippen LogP contribution is -2.68. The number of carboxylic acid groups (broad SMARTS) is 1. The van der Waals surface area contributed by atoms with E-state index in [0.29, 0.717) is 54.4 Å². The molecule has 0 bridgehead atoms. The molecule has 316 valence electrons. The molecule has 2 N–H and O–H groups in total. The Kier molecular flexibility index (Phi) is 11.1. The van der Waals surface area contributed by atoms with Crippen molar-refractivity contribution in [2.75, 3.05) is 44.3 Å². The summed E-state index contributed by atoms with van der Waals surface area (Å²) in [5.41, 5.74) is 4.35. The van der Waals surface area contributed by atoms with E-state index in [9.17, 15) is 19.7 Å². The van der Waals surface area contributed by atoms with E-state index in [1.165, 1.54) is 68.1 Å². The molecule has 8 rings (SSSR count). The molecule has 7 aliphatic rings. The molecule has 1 saturated heterocycles. The lowest BCUT2D eigenvalue weighted by atomic mass is 9.33. The molecule has 58 heavy (non-hydrogen) atoms. The molecule has 0 unspecified atom stereocenters. The molecule has 0 spiro atoms. The highest BCUT2D eigenvalue weighted by Gasteiger charge is 2.70. The van der Waals surface area contributed by atoms with Crippen LogP contribution in [-0.4, -0.2) is 75.3 Å².